The van der Waals surface area contributed by atoms with Crippen LogP contribution < -0.4 is 5.32 Å². The summed E-state index contributed by atoms with van der Waals surface area (Å²) in [6, 6.07) is 3.96. The number of anilines is 1. The standard InChI is InChI=1S/C12H12N4OS/c1-17-6-5-13-11-10-9(15-7-16-11)8-3-2-4-14-12(8)18-10/h2-4,7H,5-6H2,1H3,(H,13,15,16). The van der Waals surface area contributed by atoms with Crippen molar-refractivity contribution >= 4 is 37.6 Å². The van der Waals surface area contributed by atoms with Gasteiger partial charge in [-0.1, -0.05) is 0 Å². The normalized spacial score (nSPS) is 11.2. The Hall–Kier alpha value is -1.79. The molecule has 0 saturated heterocycles. The minimum absolute atomic E-state index is 0.647. The minimum Gasteiger partial charge on any atom is -0.383 e. The number of pyridine rings is 1. The lowest BCUT2D eigenvalue weighted by Crippen LogP contribution is -2.08. The fraction of sp³-hybridized carbons (Fsp3) is 0.250. The van der Waals surface area contributed by atoms with Gasteiger partial charge < -0.3 is 10.1 Å². The molecule has 0 radical (unpaired) electrons. The van der Waals surface area contributed by atoms with E-state index in [0.717, 1.165) is 32.8 Å². The molecule has 3 aromatic heterocycles. The zero-order valence-corrected chi connectivity index (χ0v) is 10.7. The van der Waals surface area contributed by atoms with E-state index >= 15 is 0 Å². The highest BCUT2D eigenvalue weighted by atomic mass is 32.1. The van der Waals surface area contributed by atoms with Crippen molar-refractivity contribution in [2.75, 3.05) is 25.6 Å². The molecule has 0 aliphatic carbocycles. The Kier molecular flexibility index (Phi) is 3.04. The molecule has 0 unspecified atom stereocenters. The van der Waals surface area contributed by atoms with Gasteiger partial charge in [-0.3, -0.25) is 0 Å². The van der Waals surface area contributed by atoms with Gasteiger partial charge in [0.2, 0.25) is 0 Å². The molecule has 3 rings (SSSR count). The van der Waals surface area contributed by atoms with Crippen molar-refractivity contribution in [2.24, 2.45) is 0 Å². The molecule has 92 valence electrons. The van der Waals surface area contributed by atoms with Crippen molar-refractivity contribution < 1.29 is 4.74 Å². The van der Waals surface area contributed by atoms with E-state index in [2.05, 4.69) is 20.3 Å². The maximum Gasteiger partial charge on any atom is 0.147 e. The number of hydrogen-bond donors (Lipinski definition) is 1. The van der Waals surface area contributed by atoms with Crippen LogP contribution >= 0.6 is 11.3 Å². The van der Waals surface area contributed by atoms with Gasteiger partial charge >= 0.3 is 0 Å². The van der Waals surface area contributed by atoms with E-state index in [-0.39, 0.29) is 0 Å². The van der Waals surface area contributed by atoms with E-state index in [1.54, 1.807) is 31.0 Å². The number of aromatic nitrogens is 3. The lowest BCUT2D eigenvalue weighted by Gasteiger charge is -2.04. The molecule has 0 saturated carbocycles. The summed E-state index contributed by atoms with van der Waals surface area (Å²) in [5.74, 6) is 0.847. The van der Waals surface area contributed by atoms with Crippen LogP contribution in [0.25, 0.3) is 20.4 Å². The quantitative estimate of drug-likeness (QED) is 0.729. The molecule has 0 aliphatic rings. The van der Waals surface area contributed by atoms with Crippen LogP contribution in [0.15, 0.2) is 24.7 Å². The highest BCUT2D eigenvalue weighted by Crippen LogP contribution is 2.34. The number of hydrogen-bond acceptors (Lipinski definition) is 6. The van der Waals surface area contributed by atoms with Gasteiger partial charge in [0.15, 0.2) is 0 Å². The number of nitrogens with one attached hydrogen (secondary N) is 1. The second-order valence-corrected chi connectivity index (χ2v) is 4.78. The summed E-state index contributed by atoms with van der Waals surface area (Å²) in [5, 5.41) is 4.33. The molecule has 0 fully saturated rings. The van der Waals surface area contributed by atoms with Crippen LogP contribution in [0.3, 0.4) is 0 Å². The van der Waals surface area contributed by atoms with Crippen molar-refractivity contribution in [3.63, 3.8) is 0 Å². The van der Waals surface area contributed by atoms with Crippen molar-refractivity contribution in [3.05, 3.63) is 24.7 Å². The van der Waals surface area contributed by atoms with E-state index in [1.807, 2.05) is 12.1 Å². The van der Waals surface area contributed by atoms with Crippen LogP contribution in [-0.4, -0.2) is 35.2 Å². The third kappa shape index (κ3) is 1.89. The van der Waals surface area contributed by atoms with Gasteiger partial charge in [0, 0.05) is 25.2 Å². The first kappa shape index (κ1) is 11.3. The Morgan fingerprint density at radius 2 is 2.28 bits per heavy atom. The van der Waals surface area contributed by atoms with Gasteiger partial charge in [-0.05, 0) is 12.1 Å². The van der Waals surface area contributed by atoms with Gasteiger partial charge in [0.1, 0.15) is 17.0 Å². The fourth-order valence-corrected chi connectivity index (χ4v) is 2.87. The fourth-order valence-electron chi connectivity index (χ4n) is 1.81. The van der Waals surface area contributed by atoms with Crippen molar-refractivity contribution in [1.29, 1.82) is 0 Å². The zero-order valence-electron chi connectivity index (χ0n) is 9.88. The van der Waals surface area contributed by atoms with Gasteiger partial charge in [-0.15, -0.1) is 11.3 Å². The van der Waals surface area contributed by atoms with Gasteiger partial charge in [0.25, 0.3) is 0 Å². The van der Waals surface area contributed by atoms with Crippen LogP contribution in [0.5, 0.6) is 0 Å². The Morgan fingerprint density at radius 3 is 3.17 bits per heavy atom. The summed E-state index contributed by atoms with van der Waals surface area (Å²) in [6.07, 6.45) is 3.37. The van der Waals surface area contributed by atoms with E-state index in [9.17, 15) is 0 Å². The number of nitrogens with zero attached hydrogens (tertiary/aromatic N) is 3. The third-order valence-electron chi connectivity index (χ3n) is 2.63. The Labute approximate surface area is 108 Å². The highest BCUT2D eigenvalue weighted by molar-refractivity contribution is 7.25. The van der Waals surface area contributed by atoms with Crippen LogP contribution in [-0.2, 0) is 4.74 Å². The van der Waals surface area contributed by atoms with Crippen molar-refractivity contribution in [3.8, 4) is 0 Å². The van der Waals surface area contributed by atoms with E-state index in [4.69, 9.17) is 4.74 Å². The molecule has 0 aliphatic heterocycles. The predicted molar refractivity (Wildman–Crippen MR) is 73.1 cm³/mol. The van der Waals surface area contributed by atoms with Gasteiger partial charge in [-0.2, -0.15) is 0 Å². The molecule has 1 N–H and O–H groups in total. The van der Waals surface area contributed by atoms with Crippen LogP contribution in [0.1, 0.15) is 0 Å². The molecule has 0 aromatic carbocycles. The average Bonchev–Trinajstić information content (AvgIpc) is 2.79. The molecular weight excluding hydrogens is 248 g/mol. The van der Waals surface area contributed by atoms with Gasteiger partial charge in [0.05, 0.1) is 16.8 Å². The largest absolute Gasteiger partial charge is 0.383 e. The molecular formula is C12H12N4OS. The molecule has 0 atom stereocenters. The second kappa shape index (κ2) is 4.83. The summed E-state index contributed by atoms with van der Waals surface area (Å²) in [7, 11) is 1.68. The van der Waals surface area contributed by atoms with E-state index < -0.39 is 0 Å². The lowest BCUT2D eigenvalue weighted by atomic mass is 10.3. The minimum atomic E-state index is 0.647. The molecule has 3 heterocycles. The van der Waals surface area contributed by atoms with Crippen LogP contribution in [0.4, 0.5) is 5.82 Å². The maximum atomic E-state index is 5.02. The summed E-state index contributed by atoms with van der Waals surface area (Å²) in [6.45, 7) is 1.37. The number of ether oxygens (including phenoxy) is 1. The summed E-state index contributed by atoms with van der Waals surface area (Å²) in [4.78, 5) is 14.0. The number of thiophene rings is 1. The predicted octanol–water partition coefficient (Wildman–Crippen LogP) is 2.30. The lowest BCUT2D eigenvalue weighted by molar-refractivity contribution is 0.210. The van der Waals surface area contributed by atoms with Crippen LogP contribution in [0, 0.1) is 0 Å². The second-order valence-electron chi connectivity index (χ2n) is 3.78. The summed E-state index contributed by atoms with van der Waals surface area (Å²) in [5.41, 5.74) is 0.956. The first-order chi connectivity index (χ1) is 8.90. The molecule has 18 heavy (non-hydrogen) atoms. The molecule has 3 aromatic rings. The first-order valence-electron chi connectivity index (χ1n) is 5.61. The van der Waals surface area contributed by atoms with Gasteiger partial charge in [-0.25, -0.2) is 15.0 Å². The maximum absolute atomic E-state index is 5.02. The van der Waals surface area contributed by atoms with Crippen molar-refractivity contribution in [1.82, 2.24) is 15.0 Å². The van der Waals surface area contributed by atoms with Crippen LogP contribution in [0.2, 0.25) is 0 Å². The third-order valence-corrected chi connectivity index (χ3v) is 3.74. The van der Waals surface area contributed by atoms with E-state index in [0.29, 0.717) is 6.61 Å². The Bertz CT molecular complexity index is 682. The molecule has 0 bridgehead atoms. The molecule has 0 spiro atoms. The Balaban J connectivity index is 2.09. The highest BCUT2D eigenvalue weighted by Gasteiger charge is 2.10. The molecule has 6 heteroatoms. The van der Waals surface area contributed by atoms with E-state index in [1.165, 1.54) is 0 Å². The number of rotatable bonds is 4. The molecule has 5 nitrogen and oxygen atoms in total. The monoisotopic (exact) mass is 260 g/mol. The zero-order chi connectivity index (χ0) is 12.4. The SMILES string of the molecule is COCCNc1ncnc2c1sc1ncccc12. The average molecular weight is 260 g/mol. The number of fused-ring (bicyclic) bond motifs is 3. The smallest absolute Gasteiger partial charge is 0.147 e. The van der Waals surface area contributed by atoms with Crippen molar-refractivity contribution in [2.45, 2.75) is 0 Å². The summed E-state index contributed by atoms with van der Waals surface area (Å²) >= 11 is 1.61. The topological polar surface area (TPSA) is 59.9 Å². The first-order valence-corrected chi connectivity index (χ1v) is 6.43. The number of methoxy groups -OCH3 is 1. The summed E-state index contributed by atoms with van der Waals surface area (Å²) < 4.78 is 6.06. The molecule has 0 amide bonds. The Morgan fingerprint density at radius 1 is 1.33 bits per heavy atom.